The van der Waals surface area contributed by atoms with Crippen molar-refractivity contribution in [3.8, 4) is 5.75 Å². The van der Waals surface area contributed by atoms with E-state index in [9.17, 15) is 24.8 Å². The number of nitrogens with zero attached hydrogens (tertiary/aromatic N) is 2. The van der Waals surface area contributed by atoms with Crippen molar-refractivity contribution in [2.24, 2.45) is 0 Å². The van der Waals surface area contributed by atoms with Crippen molar-refractivity contribution in [1.29, 1.82) is 0 Å². The number of aliphatic hydroxyl groups is 1. The molecule has 1 heterocycles. The topological polar surface area (TPSA) is 110 Å². The van der Waals surface area contributed by atoms with E-state index in [0.717, 1.165) is 0 Å². The number of non-ortho nitro benzene ring substituents is 1. The third-order valence-corrected chi connectivity index (χ3v) is 5.40. The Kier molecular flexibility index (Phi) is 6.14. The van der Waals surface area contributed by atoms with Gasteiger partial charge in [0.15, 0.2) is 0 Å². The van der Waals surface area contributed by atoms with Gasteiger partial charge in [-0.25, -0.2) is 0 Å². The Labute approximate surface area is 195 Å². The van der Waals surface area contributed by atoms with E-state index in [0.29, 0.717) is 17.0 Å². The molecule has 34 heavy (non-hydrogen) atoms. The summed E-state index contributed by atoms with van der Waals surface area (Å²) in [6.07, 6.45) is -0.0221. The summed E-state index contributed by atoms with van der Waals surface area (Å²) in [6.45, 7) is 3.81. The third kappa shape index (κ3) is 4.25. The molecule has 1 amide bonds. The minimum atomic E-state index is -0.881. The van der Waals surface area contributed by atoms with Crippen LogP contribution >= 0.6 is 0 Å². The number of hydrogen-bond donors (Lipinski definition) is 1. The van der Waals surface area contributed by atoms with E-state index < -0.39 is 28.4 Å². The van der Waals surface area contributed by atoms with E-state index in [2.05, 4.69) is 0 Å². The lowest BCUT2D eigenvalue weighted by Gasteiger charge is -2.25. The smallest absolute Gasteiger partial charge is 0.300 e. The molecule has 8 heteroatoms. The van der Waals surface area contributed by atoms with Gasteiger partial charge < -0.3 is 9.84 Å². The molecule has 0 aromatic heterocycles. The van der Waals surface area contributed by atoms with Crippen molar-refractivity contribution in [3.05, 3.63) is 106 Å². The number of rotatable bonds is 6. The number of Topliss-reactive ketones (excluding diaryl/α,β-unsaturated/α-hetero) is 1. The summed E-state index contributed by atoms with van der Waals surface area (Å²) >= 11 is 0. The van der Waals surface area contributed by atoms with Crippen LogP contribution in [0.1, 0.15) is 31.0 Å². The molecule has 0 radical (unpaired) electrons. The molecule has 0 aliphatic carbocycles. The molecular formula is C26H22N2O6. The van der Waals surface area contributed by atoms with E-state index in [1.54, 1.807) is 48.5 Å². The van der Waals surface area contributed by atoms with Crippen molar-refractivity contribution in [1.82, 2.24) is 0 Å². The molecule has 1 fully saturated rings. The van der Waals surface area contributed by atoms with E-state index in [-0.39, 0.29) is 22.9 Å². The number of ketones is 1. The van der Waals surface area contributed by atoms with Gasteiger partial charge in [0.05, 0.1) is 22.6 Å². The van der Waals surface area contributed by atoms with Gasteiger partial charge >= 0.3 is 0 Å². The number of hydrogen-bond acceptors (Lipinski definition) is 6. The van der Waals surface area contributed by atoms with Gasteiger partial charge in [-0.15, -0.1) is 0 Å². The quantitative estimate of drug-likeness (QED) is 0.183. The average molecular weight is 458 g/mol. The highest BCUT2D eigenvalue weighted by Gasteiger charge is 2.46. The van der Waals surface area contributed by atoms with Crippen LogP contribution < -0.4 is 9.64 Å². The van der Waals surface area contributed by atoms with Crippen LogP contribution in [-0.4, -0.2) is 27.8 Å². The second-order valence-electron chi connectivity index (χ2n) is 8.04. The number of benzene rings is 3. The molecule has 1 aliphatic heterocycles. The minimum Gasteiger partial charge on any atom is -0.507 e. The largest absolute Gasteiger partial charge is 0.507 e. The van der Waals surface area contributed by atoms with Gasteiger partial charge in [-0.3, -0.25) is 24.6 Å². The summed E-state index contributed by atoms with van der Waals surface area (Å²) in [5.74, 6) is -1.40. The first kappa shape index (κ1) is 22.7. The van der Waals surface area contributed by atoms with Gasteiger partial charge in [0.2, 0.25) is 0 Å². The van der Waals surface area contributed by atoms with Crippen molar-refractivity contribution in [3.63, 3.8) is 0 Å². The Morgan fingerprint density at radius 2 is 1.59 bits per heavy atom. The zero-order valence-electron chi connectivity index (χ0n) is 18.5. The van der Waals surface area contributed by atoms with Crippen LogP contribution in [0.4, 0.5) is 11.4 Å². The van der Waals surface area contributed by atoms with Crippen molar-refractivity contribution in [2.45, 2.75) is 26.0 Å². The molecule has 0 bridgehead atoms. The minimum absolute atomic E-state index is 0.0221. The lowest BCUT2D eigenvalue weighted by Crippen LogP contribution is -2.29. The van der Waals surface area contributed by atoms with Crippen molar-refractivity contribution < 1.29 is 24.4 Å². The molecule has 3 aromatic carbocycles. The van der Waals surface area contributed by atoms with Gasteiger partial charge in [-0.05, 0) is 55.8 Å². The number of nitro benzene ring substituents is 1. The van der Waals surface area contributed by atoms with Gasteiger partial charge in [-0.2, -0.15) is 0 Å². The number of ether oxygens (including phenoxy) is 1. The van der Waals surface area contributed by atoms with Crippen LogP contribution in [0.25, 0.3) is 5.76 Å². The second kappa shape index (κ2) is 9.19. The van der Waals surface area contributed by atoms with Crippen LogP contribution in [0.3, 0.4) is 0 Å². The predicted octanol–water partition coefficient (Wildman–Crippen LogP) is 5.01. The van der Waals surface area contributed by atoms with Gasteiger partial charge in [-0.1, -0.05) is 30.3 Å². The zero-order valence-corrected chi connectivity index (χ0v) is 18.5. The maximum absolute atomic E-state index is 13.2. The third-order valence-electron chi connectivity index (χ3n) is 5.40. The molecule has 1 aliphatic rings. The summed E-state index contributed by atoms with van der Waals surface area (Å²) in [5.41, 5.74) is 1.06. The number of amides is 1. The lowest BCUT2D eigenvalue weighted by atomic mass is 9.95. The van der Waals surface area contributed by atoms with Crippen LogP contribution in [-0.2, 0) is 9.59 Å². The van der Waals surface area contributed by atoms with E-state index in [1.165, 1.54) is 29.2 Å². The Morgan fingerprint density at radius 3 is 2.15 bits per heavy atom. The summed E-state index contributed by atoms with van der Waals surface area (Å²) < 4.78 is 5.67. The summed E-state index contributed by atoms with van der Waals surface area (Å²) in [7, 11) is 0. The number of carbonyl (C=O) groups excluding carboxylic acids is 2. The Morgan fingerprint density at radius 1 is 0.971 bits per heavy atom. The fourth-order valence-corrected chi connectivity index (χ4v) is 3.90. The Balaban J connectivity index is 1.83. The number of aliphatic hydroxyl groups excluding tert-OH is 1. The summed E-state index contributed by atoms with van der Waals surface area (Å²) in [4.78, 5) is 38.0. The predicted molar refractivity (Wildman–Crippen MR) is 127 cm³/mol. The lowest BCUT2D eigenvalue weighted by molar-refractivity contribution is -0.384. The molecule has 1 unspecified atom stereocenters. The molecule has 172 valence electrons. The molecule has 1 saturated heterocycles. The first-order chi connectivity index (χ1) is 16.3. The Bertz CT molecular complexity index is 1260. The zero-order chi connectivity index (χ0) is 24.4. The van der Waals surface area contributed by atoms with Crippen LogP contribution in [0.15, 0.2) is 84.4 Å². The second-order valence-corrected chi connectivity index (χ2v) is 8.04. The van der Waals surface area contributed by atoms with E-state index in [4.69, 9.17) is 4.74 Å². The first-order valence-electron chi connectivity index (χ1n) is 10.7. The highest BCUT2D eigenvalue weighted by Crippen LogP contribution is 2.42. The average Bonchev–Trinajstić information content (AvgIpc) is 3.10. The standard InChI is InChI=1S/C26H22N2O6/c1-16(2)34-21-14-12-19(13-15-21)27-23(17-6-4-3-5-7-17)22(25(30)26(27)31)24(29)18-8-10-20(11-9-18)28(32)33/h3-16,23,29H,1-2H3/b24-22-. The van der Waals surface area contributed by atoms with Crippen molar-refractivity contribution >= 4 is 28.8 Å². The van der Waals surface area contributed by atoms with Gasteiger partial charge in [0.1, 0.15) is 11.5 Å². The Hall–Kier alpha value is -4.46. The van der Waals surface area contributed by atoms with Crippen LogP contribution in [0, 0.1) is 10.1 Å². The van der Waals surface area contributed by atoms with Gasteiger partial charge in [0.25, 0.3) is 17.4 Å². The summed E-state index contributed by atoms with van der Waals surface area (Å²) in [5, 5.41) is 22.0. The van der Waals surface area contributed by atoms with Gasteiger partial charge in [0, 0.05) is 23.4 Å². The number of nitro groups is 1. The molecule has 4 rings (SSSR count). The molecule has 1 N–H and O–H groups in total. The van der Waals surface area contributed by atoms with E-state index >= 15 is 0 Å². The molecule has 0 saturated carbocycles. The molecular weight excluding hydrogens is 436 g/mol. The number of anilines is 1. The molecule has 1 atom stereocenters. The maximum Gasteiger partial charge on any atom is 0.300 e. The molecule has 3 aromatic rings. The maximum atomic E-state index is 13.2. The number of carbonyl (C=O) groups is 2. The highest BCUT2D eigenvalue weighted by atomic mass is 16.6. The SMILES string of the molecule is CC(C)Oc1ccc(N2C(=O)C(=O)/C(=C(\O)c3ccc([N+](=O)[O-])cc3)C2c2ccccc2)cc1. The highest BCUT2D eigenvalue weighted by molar-refractivity contribution is 6.51. The summed E-state index contributed by atoms with van der Waals surface area (Å²) in [6, 6.07) is 20.0. The molecule has 8 nitrogen and oxygen atoms in total. The molecule has 0 spiro atoms. The normalized spacial score (nSPS) is 17.3. The fraction of sp³-hybridized carbons (Fsp3) is 0.154. The van der Waals surface area contributed by atoms with Crippen molar-refractivity contribution in [2.75, 3.05) is 4.90 Å². The fourth-order valence-electron chi connectivity index (χ4n) is 3.90. The monoisotopic (exact) mass is 458 g/mol. The van der Waals surface area contributed by atoms with E-state index in [1.807, 2.05) is 19.9 Å². The van der Waals surface area contributed by atoms with Crippen LogP contribution in [0.2, 0.25) is 0 Å². The van der Waals surface area contributed by atoms with Crippen LogP contribution in [0.5, 0.6) is 5.75 Å². The first-order valence-corrected chi connectivity index (χ1v) is 10.7.